The Labute approximate surface area is 103 Å². The second kappa shape index (κ2) is 6.10. The van der Waals surface area contributed by atoms with Crippen LogP contribution >= 0.6 is 0 Å². The molecule has 2 N–H and O–H groups in total. The Morgan fingerprint density at radius 2 is 2.29 bits per heavy atom. The molecule has 0 bridgehead atoms. The quantitative estimate of drug-likeness (QED) is 0.810. The summed E-state index contributed by atoms with van der Waals surface area (Å²) in [6, 6.07) is 4.17. The Morgan fingerprint density at radius 3 is 3.00 bits per heavy atom. The summed E-state index contributed by atoms with van der Waals surface area (Å²) in [5, 5.41) is 13.0. The van der Waals surface area contributed by atoms with Gasteiger partial charge in [0.1, 0.15) is 0 Å². The molecule has 2 heterocycles. The lowest BCUT2D eigenvalue weighted by molar-refractivity contribution is 0.129. The van der Waals surface area contributed by atoms with E-state index in [-0.39, 0.29) is 12.6 Å². The Morgan fingerprint density at radius 1 is 1.41 bits per heavy atom. The normalized spacial score (nSPS) is 19.9. The average Bonchev–Trinajstić information content (AvgIpc) is 2.62. The van der Waals surface area contributed by atoms with Crippen LogP contribution in [-0.4, -0.2) is 47.8 Å². The van der Waals surface area contributed by atoms with E-state index in [0.717, 1.165) is 43.9 Å². The number of aryl methyl sites for hydroxylation is 1. The van der Waals surface area contributed by atoms with E-state index < -0.39 is 0 Å². The van der Waals surface area contributed by atoms with Gasteiger partial charge in [-0.15, -0.1) is 0 Å². The number of aromatic nitrogens is 1. The lowest BCUT2D eigenvalue weighted by Crippen LogP contribution is -2.34. The minimum atomic E-state index is 0.0861. The summed E-state index contributed by atoms with van der Waals surface area (Å²) in [5.74, 6) is 0. The molecule has 0 aromatic carbocycles. The minimum absolute atomic E-state index is 0.0861. The molecule has 0 amide bonds. The van der Waals surface area contributed by atoms with Gasteiger partial charge in [0.15, 0.2) is 0 Å². The monoisotopic (exact) mass is 235 g/mol. The maximum Gasteiger partial charge on any atom is 0.0629 e. The zero-order chi connectivity index (χ0) is 12.1. The van der Waals surface area contributed by atoms with Crippen molar-refractivity contribution in [2.75, 3.05) is 32.8 Å². The van der Waals surface area contributed by atoms with Crippen molar-refractivity contribution in [3.8, 4) is 0 Å². The van der Waals surface area contributed by atoms with Crippen molar-refractivity contribution in [1.29, 1.82) is 0 Å². The van der Waals surface area contributed by atoms with Gasteiger partial charge < -0.3 is 10.4 Å². The molecule has 1 aromatic heterocycles. The molecule has 0 aliphatic carbocycles. The first kappa shape index (κ1) is 12.5. The fourth-order valence-corrected chi connectivity index (χ4v) is 2.29. The van der Waals surface area contributed by atoms with Crippen LogP contribution in [0, 0.1) is 6.92 Å². The topological polar surface area (TPSA) is 48.4 Å². The summed E-state index contributed by atoms with van der Waals surface area (Å²) in [5.41, 5.74) is 2.13. The highest BCUT2D eigenvalue weighted by Gasteiger charge is 2.20. The molecule has 4 heteroatoms. The largest absolute Gasteiger partial charge is 0.394 e. The molecule has 1 aliphatic rings. The molecule has 2 rings (SSSR count). The van der Waals surface area contributed by atoms with E-state index >= 15 is 0 Å². The number of aliphatic hydroxyl groups excluding tert-OH is 1. The molecule has 17 heavy (non-hydrogen) atoms. The van der Waals surface area contributed by atoms with Gasteiger partial charge in [-0.05, 0) is 31.5 Å². The predicted octanol–water partition coefficient (Wildman–Crippen LogP) is 0.719. The smallest absolute Gasteiger partial charge is 0.0629 e. The van der Waals surface area contributed by atoms with E-state index in [0.29, 0.717) is 0 Å². The second-order valence-corrected chi connectivity index (χ2v) is 4.57. The van der Waals surface area contributed by atoms with E-state index in [9.17, 15) is 5.11 Å². The van der Waals surface area contributed by atoms with Gasteiger partial charge in [0.25, 0.3) is 0 Å². The van der Waals surface area contributed by atoms with Gasteiger partial charge in [0.05, 0.1) is 12.6 Å². The molecule has 0 spiro atoms. The molecule has 1 fully saturated rings. The van der Waals surface area contributed by atoms with E-state index in [1.54, 1.807) is 0 Å². The molecular weight excluding hydrogens is 214 g/mol. The molecule has 1 saturated heterocycles. The summed E-state index contributed by atoms with van der Waals surface area (Å²) in [6.45, 7) is 6.22. The van der Waals surface area contributed by atoms with E-state index in [4.69, 9.17) is 0 Å². The number of pyridine rings is 1. The number of nitrogens with zero attached hydrogens (tertiary/aromatic N) is 2. The van der Waals surface area contributed by atoms with E-state index in [1.165, 1.54) is 0 Å². The van der Waals surface area contributed by atoms with E-state index in [2.05, 4.69) is 21.3 Å². The first-order valence-corrected chi connectivity index (χ1v) is 6.29. The minimum Gasteiger partial charge on any atom is -0.394 e. The number of aliphatic hydroxyl groups is 1. The first-order valence-electron chi connectivity index (χ1n) is 6.29. The third kappa shape index (κ3) is 3.25. The van der Waals surface area contributed by atoms with Crippen LogP contribution in [0.25, 0.3) is 0 Å². The number of hydrogen-bond acceptors (Lipinski definition) is 4. The van der Waals surface area contributed by atoms with Crippen LogP contribution < -0.4 is 5.32 Å². The second-order valence-electron chi connectivity index (χ2n) is 4.57. The average molecular weight is 235 g/mol. The molecule has 0 saturated carbocycles. The predicted molar refractivity (Wildman–Crippen MR) is 67.9 cm³/mol. The van der Waals surface area contributed by atoms with Crippen LogP contribution in [0.15, 0.2) is 18.3 Å². The molecular formula is C13H21N3O. The molecule has 94 valence electrons. The summed E-state index contributed by atoms with van der Waals surface area (Å²) in [6.07, 6.45) is 3.02. The third-order valence-corrected chi connectivity index (χ3v) is 3.31. The summed E-state index contributed by atoms with van der Waals surface area (Å²) < 4.78 is 0. The van der Waals surface area contributed by atoms with Crippen molar-refractivity contribution >= 4 is 0 Å². The molecule has 4 nitrogen and oxygen atoms in total. The number of rotatable bonds is 3. The molecule has 1 aromatic rings. The summed E-state index contributed by atoms with van der Waals surface area (Å²) in [7, 11) is 0. The highest BCUT2D eigenvalue weighted by molar-refractivity contribution is 5.17. The number of hydrogen-bond donors (Lipinski definition) is 2. The van der Waals surface area contributed by atoms with Crippen molar-refractivity contribution in [2.24, 2.45) is 0 Å². The van der Waals surface area contributed by atoms with Gasteiger partial charge in [0.2, 0.25) is 0 Å². The first-order chi connectivity index (χ1) is 8.31. The fraction of sp³-hybridized carbons (Fsp3) is 0.615. The lowest BCUT2D eigenvalue weighted by Gasteiger charge is -2.29. The van der Waals surface area contributed by atoms with Gasteiger partial charge in [-0.2, -0.15) is 0 Å². The van der Waals surface area contributed by atoms with Crippen LogP contribution in [0.5, 0.6) is 0 Å². The van der Waals surface area contributed by atoms with Crippen molar-refractivity contribution in [1.82, 2.24) is 15.2 Å². The van der Waals surface area contributed by atoms with Crippen LogP contribution in [0.1, 0.15) is 23.7 Å². The van der Waals surface area contributed by atoms with E-state index in [1.807, 2.05) is 19.2 Å². The van der Waals surface area contributed by atoms with Crippen LogP contribution in [0.4, 0.5) is 0 Å². The third-order valence-electron chi connectivity index (χ3n) is 3.31. The highest BCUT2D eigenvalue weighted by atomic mass is 16.3. The number of nitrogens with one attached hydrogen (secondary N) is 1. The molecule has 1 aliphatic heterocycles. The fourth-order valence-electron chi connectivity index (χ4n) is 2.29. The zero-order valence-electron chi connectivity index (χ0n) is 10.4. The standard InChI is InChI=1S/C13H21N3O/c1-11-3-4-12(9-15-11)13(10-17)16-7-2-5-14-6-8-16/h3-4,9,13-14,17H,2,5-8,10H2,1H3. The van der Waals surface area contributed by atoms with Gasteiger partial charge >= 0.3 is 0 Å². The zero-order valence-corrected chi connectivity index (χ0v) is 10.4. The Bertz CT molecular complexity index is 331. The SMILES string of the molecule is Cc1ccc(C(CO)N2CCCNCC2)cn1. The van der Waals surface area contributed by atoms with Crippen molar-refractivity contribution < 1.29 is 5.11 Å². The highest BCUT2D eigenvalue weighted by Crippen LogP contribution is 2.20. The van der Waals surface area contributed by atoms with Crippen molar-refractivity contribution in [3.05, 3.63) is 29.6 Å². The Balaban J connectivity index is 2.11. The van der Waals surface area contributed by atoms with Crippen LogP contribution in [0.3, 0.4) is 0 Å². The van der Waals surface area contributed by atoms with Gasteiger partial charge in [-0.1, -0.05) is 6.07 Å². The van der Waals surface area contributed by atoms with Crippen LogP contribution in [0.2, 0.25) is 0 Å². The summed E-state index contributed by atoms with van der Waals surface area (Å²) in [4.78, 5) is 6.65. The van der Waals surface area contributed by atoms with Crippen molar-refractivity contribution in [2.45, 2.75) is 19.4 Å². The Hall–Kier alpha value is -0.970. The molecule has 1 unspecified atom stereocenters. The molecule has 0 radical (unpaired) electrons. The Kier molecular flexibility index (Phi) is 4.48. The van der Waals surface area contributed by atoms with Crippen molar-refractivity contribution in [3.63, 3.8) is 0 Å². The van der Waals surface area contributed by atoms with Gasteiger partial charge in [-0.3, -0.25) is 9.88 Å². The van der Waals surface area contributed by atoms with Gasteiger partial charge in [-0.25, -0.2) is 0 Å². The van der Waals surface area contributed by atoms with Gasteiger partial charge in [0, 0.05) is 31.5 Å². The maximum atomic E-state index is 9.60. The molecule has 1 atom stereocenters. The summed E-state index contributed by atoms with van der Waals surface area (Å²) >= 11 is 0. The van der Waals surface area contributed by atoms with Crippen LogP contribution in [-0.2, 0) is 0 Å². The lowest BCUT2D eigenvalue weighted by atomic mass is 10.1. The maximum absolute atomic E-state index is 9.60.